The third-order valence-corrected chi connectivity index (χ3v) is 3.74. The van der Waals surface area contributed by atoms with Gasteiger partial charge in [0.15, 0.2) is 0 Å². The van der Waals surface area contributed by atoms with Crippen LogP contribution in [0.15, 0.2) is 66.9 Å². The molecule has 27 heavy (non-hydrogen) atoms. The minimum atomic E-state index is -0.578. The van der Waals surface area contributed by atoms with Crippen LogP contribution in [0.1, 0.15) is 15.9 Å². The topological polar surface area (TPSA) is 101 Å². The van der Waals surface area contributed by atoms with Gasteiger partial charge >= 0.3 is 0 Å². The van der Waals surface area contributed by atoms with E-state index in [1.807, 2.05) is 0 Å². The van der Waals surface area contributed by atoms with E-state index >= 15 is 0 Å². The largest absolute Gasteiger partial charge is 0.347 e. The number of nitro groups is 1. The van der Waals surface area contributed by atoms with E-state index in [2.05, 4.69) is 17.2 Å². The van der Waals surface area contributed by atoms with Gasteiger partial charge in [-0.05, 0) is 23.8 Å². The molecule has 0 fully saturated rings. The Morgan fingerprint density at radius 3 is 2.59 bits per heavy atom. The number of nitro benzene ring substituents is 1. The number of rotatable bonds is 7. The first kappa shape index (κ1) is 19.9. The van der Waals surface area contributed by atoms with Crippen molar-refractivity contribution in [3.05, 3.63) is 93.1 Å². The molecule has 0 bridgehead atoms. The summed E-state index contributed by atoms with van der Waals surface area (Å²) in [5.74, 6) is -1.15. The summed E-state index contributed by atoms with van der Waals surface area (Å²) in [6.45, 7) is 3.70. The minimum Gasteiger partial charge on any atom is -0.347 e. The fourth-order valence-corrected chi connectivity index (χ4v) is 2.37. The molecule has 2 aromatic rings. The van der Waals surface area contributed by atoms with Gasteiger partial charge in [-0.3, -0.25) is 19.7 Å². The average Bonchev–Trinajstić information content (AvgIpc) is 2.66. The lowest BCUT2D eigenvalue weighted by atomic mass is 10.1. The van der Waals surface area contributed by atoms with E-state index in [1.54, 1.807) is 24.3 Å². The molecule has 2 aromatic carbocycles. The maximum atomic E-state index is 12.5. The first-order chi connectivity index (χ1) is 12.9. The maximum absolute atomic E-state index is 12.5. The number of hydrogen-bond acceptors (Lipinski definition) is 4. The van der Waals surface area contributed by atoms with Crippen molar-refractivity contribution in [3.63, 3.8) is 0 Å². The molecule has 0 aliphatic rings. The van der Waals surface area contributed by atoms with E-state index in [4.69, 9.17) is 11.6 Å². The number of nitrogens with one attached hydrogen (secondary N) is 2. The maximum Gasteiger partial charge on any atom is 0.270 e. The number of carbonyl (C=O) groups is 2. The summed E-state index contributed by atoms with van der Waals surface area (Å²) in [6.07, 6.45) is 2.83. The zero-order valence-corrected chi connectivity index (χ0v) is 14.9. The van der Waals surface area contributed by atoms with E-state index < -0.39 is 16.7 Å². The van der Waals surface area contributed by atoms with Gasteiger partial charge < -0.3 is 10.6 Å². The molecule has 0 unspecified atom stereocenters. The number of nitrogens with zero attached hydrogens (tertiary/aromatic N) is 1. The molecule has 0 spiro atoms. The number of amides is 2. The second kappa shape index (κ2) is 9.30. The lowest BCUT2D eigenvalue weighted by Gasteiger charge is -2.11. The van der Waals surface area contributed by atoms with Gasteiger partial charge in [0.05, 0.1) is 15.5 Å². The molecule has 0 aromatic heterocycles. The monoisotopic (exact) mass is 385 g/mol. The molecule has 8 heteroatoms. The van der Waals surface area contributed by atoms with Gasteiger partial charge in [0.1, 0.15) is 5.70 Å². The SMILES string of the molecule is C=CCNC(=O)C(=Cc1cccc([N+](=O)[O-])c1)NC(=O)c1ccccc1Cl. The van der Waals surface area contributed by atoms with Crippen LogP contribution >= 0.6 is 11.6 Å². The quantitative estimate of drug-likeness (QED) is 0.330. The summed E-state index contributed by atoms with van der Waals surface area (Å²) < 4.78 is 0. The van der Waals surface area contributed by atoms with Crippen LogP contribution in [0, 0.1) is 10.1 Å². The Morgan fingerprint density at radius 1 is 1.19 bits per heavy atom. The van der Waals surface area contributed by atoms with Crippen molar-refractivity contribution in [1.82, 2.24) is 10.6 Å². The summed E-state index contributed by atoms with van der Waals surface area (Å²) in [5, 5.41) is 16.2. The highest BCUT2D eigenvalue weighted by Crippen LogP contribution is 2.17. The Bertz CT molecular complexity index is 925. The molecule has 0 saturated carbocycles. The Hall–Kier alpha value is -3.45. The number of non-ortho nitro benzene ring substituents is 1. The highest BCUT2D eigenvalue weighted by Gasteiger charge is 2.16. The summed E-state index contributed by atoms with van der Waals surface area (Å²) in [5.41, 5.74) is 0.363. The lowest BCUT2D eigenvalue weighted by molar-refractivity contribution is -0.384. The molecule has 0 atom stereocenters. The smallest absolute Gasteiger partial charge is 0.270 e. The van der Waals surface area contributed by atoms with E-state index in [-0.39, 0.29) is 28.5 Å². The summed E-state index contributed by atoms with van der Waals surface area (Å²) >= 11 is 6.01. The lowest BCUT2D eigenvalue weighted by Crippen LogP contribution is -2.35. The van der Waals surface area contributed by atoms with Gasteiger partial charge in [-0.1, -0.05) is 41.9 Å². The normalized spacial score (nSPS) is 10.8. The summed E-state index contributed by atoms with van der Waals surface area (Å²) in [6, 6.07) is 12.1. The highest BCUT2D eigenvalue weighted by molar-refractivity contribution is 6.34. The van der Waals surface area contributed by atoms with Crippen molar-refractivity contribution in [2.45, 2.75) is 0 Å². The van der Waals surface area contributed by atoms with Crippen LogP contribution in [-0.2, 0) is 4.79 Å². The predicted octanol–water partition coefficient (Wildman–Crippen LogP) is 3.32. The summed E-state index contributed by atoms with van der Waals surface area (Å²) in [4.78, 5) is 35.2. The number of halogens is 1. The Balaban J connectivity index is 2.36. The van der Waals surface area contributed by atoms with Crippen LogP contribution in [0.4, 0.5) is 5.69 Å². The van der Waals surface area contributed by atoms with Gasteiger partial charge in [-0.25, -0.2) is 0 Å². The van der Waals surface area contributed by atoms with Gasteiger partial charge in [-0.15, -0.1) is 6.58 Å². The molecule has 2 rings (SSSR count). The van der Waals surface area contributed by atoms with Crippen LogP contribution in [0.2, 0.25) is 5.02 Å². The van der Waals surface area contributed by atoms with Crippen molar-refractivity contribution in [1.29, 1.82) is 0 Å². The van der Waals surface area contributed by atoms with E-state index in [0.29, 0.717) is 5.56 Å². The van der Waals surface area contributed by atoms with Crippen LogP contribution in [0.3, 0.4) is 0 Å². The highest BCUT2D eigenvalue weighted by atomic mass is 35.5. The summed E-state index contributed by atoms with van der Waals surface area (Å²) in [7, 11) is 0. The van der Waals surface area contributed by atoms with Crippen molar-refractivity contribution >= 4 is 35.2 Å². The third-order valence-electron chi connectivity index (χ3n) is 3.41. The van der Waals surface area contributed by atoms with E-state index in [1.165, 1.54) is 36.4 Å². The van der Waals surface area contributed by atoms with Crippen LogP contribution in [0.25, 0.3) is 6.08 Å². The molecule has 0 saturated heterocycles. The molecule has 2 N–H and O–H groups in total. The zero-order valence-electron chi connectivity index (χ0n) is 14.1. The first-order valence-corrected chi connectivity index (χ1v) is 8.21. The molecular weight excluding hydrogens is 370 g/mol. The number of benzene rings is 2. The average molecular weight is 386 g/mol. The van der Waals surface area contributed by atoms with Crippen molar-refractivity contribution in [3.8, 4) is 0 Å². The van der Waals surface area contributed by atoms with Crippen molar-refractivity contribution < 1.29 is 14.5 Å². The fraction of sp³-hybridized carbons (Fsp3) is 0.0526. The van der Waals surface area contributed by atoms with Crippen molar-refractivity contribution in [2.24, 2.45) is 0 Å². The van der Waals surface area contributed by atoms with Crippen LogP contribution < -0.4 is 10.6 Å². The fourth-order valence-electron chi connectivity index (χ4n) is 2.15. The predicted molar refractivity (Wildman–Crippen MR) is 103 cm³/mol. The second-order valence-electron chi connectivity index (χ2n) is 5.34. The molecule has 0 aliphatic carbocycles. The minimum absolute atomic E-state index is 0.0812. The number of carbonyl (C=O) groups excluding carboxylic acids is 2. The Kier molecular flexibility index (Phi) is 6.85. The standard InChI is InChI=1S/C19H16ClN3O4/c1-2-10-21-19(25)17(12-13-6-5-7-14(11-13)23(26)27)22-18(24)15-8-3-4-9-16(15)20/h2-9,11-12H,1,10H2,(H,21,25)(H,22,24). The van der Waals surface area contributed by atoms with Gasteiger partial charge in [0, 0.05) is 18.7 Å². The Morgan fingerprint density at radius 2 is 1.93 bits per heavy atom. The van der Waals surface area contributed by atoms with Gasteiger partial charge in [0.25, 0.3) is 17.5 Å². The molecule has 138 valence electrons. The third kappa shape index (κ3) is 5.52. The van der Waals surface area contributed by atoms with Gasteiger partial charge in [0.2, 0.25) is 0 Å². The molecule has 7 nitrogen and oxygen atoms in total. The van der Waals surface area contributed by atoms with E-state index in [0.717, 1.165) is 0 Å². The number of hydrogen-bond donors (Lipinski definition) is 2. The molecule has 0 radical (unpaired) electrons. The van der Waals surface area contributed by atoms with Gasteiger partial charge in [-0.2, -0.15) is 0 Å². The molecule has 0 aliphatic heterocycles. The molecular formula is C19H16ClN3O4. The molecule has 2 amide bonds. The van der Waals surface area contributed by atoms with Crippen LogP contribution in [-0.4, -0.2) is 23.3 Å². The molecule has 0 heterocycles. The second-order valence-corrected chi connectivity index (χ2v) is 5.75. The Labute approximate surface area is 160 Å². The first-order valence-electron chi connectivity index (χ1n) is 7.83. The zero-order chi connectivity index (χ0) is 19.8. The van der Waals surface area contributed by atoms with Crippen LogP contribution in [0.5, 0.6) is 0 Å². The van der Waals surface area contributed by atoms with Crippen molar-refractivity contribution in [2.75, 3.05) is 6.54 Å². The van der Waals surface area contributed by atoms with E-state index in [9.17, 15) is 19.7 Å².